The molecule has 3 nitrogen and oxygen atoms in total. The Morgan fingerprint density at radius 3 is 2.68 bits per heavy atom. The number of rotatable bonds is 6. The molecule has 3 rings (SSSR count). The lowest BCUT2D eigenvalue weighted by Gasteiger charge is -2.18. The van der Waals surface area contributed by atoms with Gasteiger partial charge in [0.15, 0.2) is 0 Å². The van der Waals surface area contributed by atoms with E-state index >= 15 is 0 Å². The second-order valence-corrected chi connectivity index (χ2v) is 7.25. The largest absolute Gasteiger partial charge is 0.380 e. The van der Waals surface area contributed by atoms with Gasteiger partial charge in [-0.3, -0.25) is 4.79 Å². The summed E-state index contributed by atoms with van der Waals surface area (Å²) < 4.78 is 0. The Bertz CT molecular complexity index is 721. The van der Waals surface area contributed by atoms with Crippen LogP contribution in [0.3, 0.4) is 0 Å². The maximum atomic E-state index is 12.4. The molecular formula is C20H22Cl2N2O. The Labute approximate surface area is 158 Å². The zero-order valence-corrected chi connectivity index (χ0v) is 15.6. The van der Waals surface area contributed by atoms with E-state index in [4.69, 9.17) is 23.2 Å². The van der Waals surface area contributed by atoms with Crippen LogP contribution in [0.1, 0.15) is 24.8 Å². The predicted molar refractivity (Wildman–Crippen MR) is 104 cm³/mol. The van der Waals surface area contributed by atoms with Gasteiger partial charge in [-0.25, -0.2) is 0 Å². The van der Waals surface area contributed by atoms with Crippen LogP contribution in [0.15, 0.2) is 48.5 Å². The molecule has 0 aromatic heterocycles. The van der Waals surface area contributed by atoms with Gasteiger partial charge in [-0.05, 0) is 49.1 Å². The normalized spacial score (nSPS) is 16.9. The average Bonchev–Trinajstić information content (AvgIpc) is 3.07. The zero-order valence-electron chi connectivity index (χ0n) is 14.1. The summed E-state index contributed by atoms with van der Waals surface area (Å²) in [6.45, 7) is 1.61. The third kappa shape index (κ3) is 5.13. The third-order valence-electron chi connectivity index (χ3n) is 4.53. The van der Waals surface area contributed by atoms with Gasteiger partial charge < -0.3 is 10.2 Å². The molecular weight excluding hydrogens is 355 g/mol. The van der Waals surface area contributed by atoms with Gasteiger partial charge in [0, 0.05) is 31.2 Å². The number of carbonyl (C=O) groups excluding carboxylic acids is 1. The van der Waals surface area contributed by atoms with E-state index in [0.29, 0.717) is 22.5 Å². The second-order valence-electron chi connectivity index (χ2n) is 6.44. The topological polar surface area (TPSA) is 32.3 Å². The SMILES string of the molecule is O=C(CCCc1ccc(Cl)c(Cl)c1)N1CCC(Nc2ccccc2)C1. The van der Waals surface area contributed by atoms with Crippen molar-refractivity contribution in [2.45, 2.75) is 31.7 Å². The van der Waals surface area contributed by atoms with Crippen LogP contribution in [0.2, 0.25) is 10.0 Å². The van der Waals surface area contributed by atoms with Crippen LogP contribution in [-0.2, 0) is 11.2 Å². The van der Waals surface area contributed by atoms with E-state index in [0.717, 1.165) is 43.6 Å². The Morgan fingerprint density at radius 2 is 1.92 bits per heavy atom. The van der Waals surface area contributed by atoms with Crippen molar-refractivity contribution in [1.29, 1.82) is 0 Å². The van der Waals surface area contributed by atoms with Crippen molar-refractivity contribution >= 4 is 34.8 Å². The van der Waals surface area contributed by atoms with Crippen LogP contribution in [0, 0.1) is 0 Å². The molecule has 1 atom stereocenters. The molecule has 0 saturated carbocycles. The highest BCUT2D eigenvalue weighted by Gasteiger charge is 2.25. The molecule has 2 aromatic carbocycles. The number of aryl methyl sites for hydroxylation is 1. The summed E-state index contributed by atoms with van der Waals surface area (Å²) >= 11 is 12.0. The zero-order chi connectivity index (χ0) is 17.6. The highest BCUT2D eigenvalue weighted by atomic mass is 35.5. The fourth-order valence-corrected chi connectivity index (χ4v) is 3.49. The predicted octanol–water partition coefficient (Wildman–Crippen LogP) is 5.03. The fourth-order valence-electron chi connectivity index (χ4n) is 3.17. The molecule has 1 aliphatic rings. The molecule has 1 unspecified atom stereocenters. The van der Waals surface area contributed by atoms with Gasteiger partial charge in [-0.2, -0.15) is 0 Å². The van der Waals surface area contributed by atoms with E-state index < -0.39 is 0 Å². The first-order chi connectivity index (χ1) is 12.1. The number of halogens is 2. The summed E-state index contributed by atoms with van der Waals surface area (Å²) in [5.74, 6) is 0.234. The van der Waals surface area contributed by atoms with Gasteiger partial charge in [-0.1, -0.05) is 47.5 Å². The lowest BCUT2D eigenvalue weighted by molar-refractivity contribution is -0.130. The number of hydrogen-bond donors (Lipinski definition) is 1. The molecule has 0 radical (unpaired) electrons. The summed E-state index contributed by atoms with van der Waals surface area (Å²) in [7, 11) is 0. The van der Waals surface area contributed by atoms with E-state index in [9.17, 15) is 4.79 Å². The lowest BCUT2D eigenvalue weighted by Crippen LogP contribution is -2.31. The Hall–Kier alpha value is -1.71. The lowest BCUT2D eigenvalue weighted by atomic mass is 10.1. The quantitative estimate of drug-likeness (QED) is 0.766. The fraction of sp³-hybridized carbons (Fsp3) is 0.350. The molecule has 1 saturated heterocycles. The summed E-state index contributed by atoms with van der Waals surface area (Å²) in [5.41, 5.74) is 2.23. The van der Waals surface area contributed by atoms with E-state index in [1.54, 1.807) is 6.07 Å². The second kappa shape index (κ2) is 8.59. The van der Waals surface area contributed by atoms with Crippen molar-refractivity contribution in [3.05, 3.63) is 64.1 Å². The summed E-state index contributed by atoms with van der Waals surface area (Å²) in [6, 6.07) is 16.1. The number of nitrogens with zero attached hydrogens (tertiary/aromatic N) is 1. The van der Waals surface area contributed by atoms with Crippen molar-refractivity contribution in [2.24, 2.45) is 0 Å². The van der Waals surface area contributed by atoms with Gasteiger partial charge in [0.1, 0.15) is 0 Å². The third-order valence-corrected chi connectivity index (χ3v) is 5.26. The minimum absolute atomic E-state index is 0.234. The number of carbonyl (C=O) groups is 1. The maximum Gasteiger partial charge on any atom is 0.222 e. The standard InChI is InChI=1S/C20H22Cl2N2O/c21-18-10-9-15(13-19(18)22)5-4-8-20(25)24-12-11-17(14-24)23-16-6-2-1-3-7-16/h1-3,6-7,9-10,13,17,23H,4-5,8,11-12,14H2. The maximum absolute atomic E-state index is 12.4. The monoisotopic (exact) mass is 376 g/mol. The highest BCUT2D eigenvalue weighted by molar-refractivity contribution is 6.42. The Kier molecular flexibility index (Phi) is 6.22. The first-order valence-corrected chi connectivity index (χ1v) is 9.41. The van der Waals surface area contributed by atoms with Gasteiger partial charge in [-0.15, -0.1) is 0 Å². The van der Waals surface area contributed by atoms with Crippen LogP contribution >= 0.6 is 23.2 Å². The van der Waals surface area contributed by atoms with Crippen molar-refractivity contribution in [2.75, 3.05) is 18.4 Å². The first-order valence-electron chi connectivity index (χ1n) is 8.65. The molecule has 1 fully saturated rings. The summed E-state index contributed by atoms with van der Waals surface area (Å²) in [6.07, 6.45) is 3.22. The van der Waals surface area contributed by atoms with E-state index in [-0.39, 0.29) is 5.91 Å². The Balaban J connectivity index is 1.42. The van der Waals surface area contributed by atoms with Crippen LogP contribution < -0.4 is 5.32 Å². The molecule has 0 spiro atoms. The first kappa shape index (κ1) is 18.1. The highest BCUT2D eigenvalue weighted by Crippen LogP contribution is 2.23. The van der Waals surface area contributed by atoms with Crippen molar-refractivity contribution in [3.8, 4) is 0 Å². The molecule has 5 heteroatoms. The summed E-state index contributed by atoms with van der Waals surface area (Å²) in [4.78, 5) is 14.4. The molecule has 1 heterocycles. The number of nitrogens with one attached hydrogen (secondary N) is 1. The van der Waals surface area contributed by atoms with Crippen LogP contribution in [0.4, 0.5) is 5.69 Å². The average molecular weight is 377 g/mol. The number of anilines is 1. The number of amides is 1. The smallest absolute Gasteiger partial charge is 0.222 e. The van der Waals surface area contributed by atoms with Crippen molar-refractivity contribution in [3.63, 3.8) is 0 Å². The molecule has 132 valence electrons. The molecule has 2 aromatic rings. The Morgan fingerprint density at radius 1 is 1.12 bits per heavy atom. The van der Waals surface area contributed by atoms with Gasteiger partial charge in [0.25, 0.3) is 0 Å². The van der Waals surface area contributed by atoms with E-state index in [2.05, 4.69) is 17.4 Å². The molecule has 1 N–H and O–H groups in total. The molecule has 0 aliphatic carbocycles. The minimum atomic E-state index is 0.234. The van der Waals surface area contributed by atoms with Gasteiger partial charge in [0.05, 0.1) is 10.0 Å². The summed E-state index contributed by atoms with van der Waals surface area (Å²) in [5, 5.41) is 4.63. The molecule has 25 heavy (non-hydrogen) atoms. The van der Waals surface area contributed by atoms with Crippen LogP contribution in [0.25, 0.3) is 0 Å². The van der Waals surface area contributed by atoms with E-state index in [1.165, 1.54) is 0 Å². The van der Waals surface area contributed by atoms with Gasteiger partial charge >= 0.3 is 0 Å². The van der Waals surface area contributed by atoms with Crippen molar-refractivity contribution < 1.29 is 4.79 Å². The number of para-hydroxylation sites is 1. The molecule has 1 amide bonds. The number of likely N-dealkylation sites (tertiary alicyclic amines) is 1. The van der Waals surface area contributed by atoms with Crippen molar-refractivity contribution in [1.82, 2.24) is 4.90 Å². The number of hydrogen-bond acceptors (Lipinski definition) is 2. The molecule has 0 bridgehead atoms. The van der Waals surface area contributed by atoms with Crippen LogP contribution in [0.5, 0.6) is 0 Å². The minimum Gasteiger partial charge on any atom is -0.380 e. The van der Waals surface area contributed by atoms with E-state index in [1.807, 2.05) is 35.2 Å². The number of benzene rings is 2. The van der Waals surface area contributed by atoms with Crippen LogP contribution in [-0.4, -0.2) is 29.9 Å². The molecule has 1 aliphatic heterocycles. The van der Waals surface area contributed by atoms with Gasteiger partial charge in [0.2, 0.25) is 5.91 Å².